The first kappa shape index (κ1) is 13.7. The normalized spacial score (nSPS) is 11.4. The second kappa shape index (κ2) is 6.01. The highest BCUT2D eigenvalue weighted by molar-refractivity contribution is 5.76. The molecule has 0 saturated carbocycles. The second-order valence-corrected chi connectivity index (χ2v) is 5.50. The Morgan fingerprint density at radius 3 is 2.90 bits per heavy atom. The molecule has 0 aliphatic rings. The maximum absolute atomic E-state index is 4.66. The van der Waals surface area contributed by atoms with Crippen LogP contribution in [0.3, 0.4) is 0 Å². The number of aromatic nitrogens is 4. The number of hydrogen-bond donors (Lipinski definition) is 1. The first-order chi connectivity index (χ1) is 10.2. The van der Waals surface area contributed by atoms with Crippen LogP contribution in [-0.4, -0.2) is 26.1 Å². The van der Waals surface area contributed by atoms with Crippen LogP contribution < -0.4 is 5.32 Å². The molecule has 108 valence electrons. The lowest BCUT2D eigenvalue weighted by Crippen LogP contribution is -2.20. The summed E-state index contributed by atoms with van der Waals surface area (Å²) in [5.41, 5.74) is 2.94. The molecule has 0 bridgehead atoms. The van der Waals surface area contributed by atoms with Crippen molar-refractivity contribution in [2.75, 3.05) is 6.54 Å². The quantitative estimate of drug-likeness (QED) is 0.781. The van der Waals surface area contributed by atoms with Gasteiger partial charge < -0.3 is 5.32 Å². The fourth-order valence-electron chi connectivity index (χ4n) is 2.23. The van der Waals surface area contributed by atoms with Crippen molar-refractivity contribution in [2.24, 2.45) is 5.92 Å². The summed E-state index contributed by atoms with van der Waals surface area (Å²) in [4.78, 5) is 13.3. The molecule has 0 radical (unpaired) electrons. The van der Waals surface area contributed by atoms with E-state index in [0.717, 1.165) is 35.6 Å². The molecule has 0 atom stereocenters. The minimum Gasteiger partial charge on any atom is -0.311 e. The molecule has 1 N–H and O–H groups in total. The summed E-state index contributed by atoms with van der Waals surface area (Å²) in [5, 5.41) is 3.38. The van der Waals surface area contributed by atoms with Gasteiger partial charge in [0.2, 0.25) is 0 Å². The molecule has 5 nitrogen and oxygen atoms in total. The average molecular weight is 281 g/mol. The third kappa shape index (κ3) is 3.08. The van der Waals surface area contributed by atoms with Crippen LogP contribution in [0, 0.1) is 5.92 Å². The van der Waals surface area contributed by atoms with Crippen LogP contribution in [0.25, 0.3) is 16.9 Å². The van der Waals surface area contributed by atoms with Crippen molar-refractivity contribution in [2.45, 2.75) is 20.4 Å². The molecule has 0 unspecified atom stereocenters. The summed E-state index contributed by atoms with van der Waals surface area (Å²) in [6.07, 6.45) is 5.36. The average Bonchev–Trinajstić information content (AvgIpc) is 2.91. The minimum atomic E-state index is 0.624. The van der Waals surface area contributed by atoms with Gasteiger partial charge in [0.15, 0.2) is 5.82 Å². The number of nitrogens with zero attached hydrogens (tertiary/aromatic N) is 4. The van der Waals surface area contributed by atoms with Crippen LogP contribution in [0.2, 0.25) is 0 Å². The zero-order valence-corrected chi connectivity index (χ0v) is 12.3. The van der Waals surface area contributed by atoms with E-state index in [9.17, 15) is 0 Å². The summed E-state index contributed by atoms with van der Waals surface area (Å²) >= 11 is 0. The Balaban J connectivity index is 1.85. The van der Waals surface area contributed by atoms with E-state index in [1.807, 2.05) is 28.8 Å². The first-order valence-corrected chi connectivity index (χ1v) is 7.18. The summed E-state index contributed by atoms with van der Waals surface area (Å²) in [6, 6.07) is 8.01. The number of benzene rings is 1. The van der Waals surface area contributed by atoms with Crippen molar-refractivity contribution < 1.29 is 0 Å². The lowest BCUT2D eigenvalue weighted by atomic mass is 10.2. The standard InChI is InChI=1S/C16H19N5/c1-12(2)7-17-8-13-9-18-10-16(20-13)21-11-19-14-5-3-4-6-15(14)21/h3-6,9-12,17H,7-8H2,1-2H3. The molecule has 1 aromatic carbocycles. The SMILES string of the molecule is CC(C)CNCc1cncc(-n2cnc3ccccc32)n1. The van der Waals surface area contributed by atoms with Gasteiger partial charge in [-0.25, -0.2) is 9.97 Å². The molecule has 3 aromatic rings. The molecule has 0 saturated heterocycles. The van der Waals surface area contributed by atoms with Crippen LogP contribution >= 0.6 is 0 Å². The summed E-state index contributed by atoms with van der Waals surface area (Å²) < 4.78 is 1.97. The van der Waals surface area contributed by atoms with Gasteiger partial charge in [-0.05, 0) is 24.6 Å². The Morgan fingerprint density at radius 1 is 1.19 bits per heavy atom. The number of fused-ring (bicyclic) bond motifs is 1. The topological polar surface area (TPSA) is 55.6 Å². The number of nitrogens with one attached hydrogen (secondary N) is 1. The van der Waals surface area contributed by atoms with Crippen LogP contribution in [0.15, 0.2) is 43.0 Å². The highest BCUT2D eigenvalue weighted by Crippen LogP contribution is 2.15. The molecule has 0 fully saturated rings. The third-order valence-corrected chi connectivity index (χ3v) is 3.23. The van der Waals surface area contributed by atoms with Gasteiger partial charge in [-0.15, -0.1) is 0 Å². The Hall–Kier alpha value is -2.27. The van der Waals surface area contributed by atoms with E-state index in [4.69, 9.17) is 0 Å². The summed E-state index contributed by atoms with van der Waals surface area (Å²) in [7, 11) is 0. The van der Waals surface area contributed by atoms with E-state index in [1.165, 1.54) is 0 Å². The number of rotatable bonds is 5. The number of hydrogen-bond acceptors (Lipinski definition) is 4. The van der Waals surface area contributed by atoms with Gasteiger partial charge in [0.1, 0.15) is 6.33 Å². The highest BCUT2D eigenvalue weighted by atomic mass is 15.1. The maximum Gasteiger partial charge on any atom is 0.157 e. The molecule has 21 heavy (non-hydrogen) atoms. The van der Waals surface area contributed by atoms with Gasteiger partial charge in [-0.3, -0.25) is 9.55 Å². The monoisotopic (exact) mass is 281 g/mol. The van der Waals surface area contributed by atoms with E-state index in [0.29, 0.717) is 5.92 Å². The molecular formula is C16H19N5. The molecule has 0 amide bonds. The molecule has 2 aromatic heterocycles. The predicted molar refractivity (Wildman–Crippen MR) is 83.2 cm³/mol. The number of imidazole rings is 1. The van der Waals surface area contributed by atoms with Gasteiger partial charge in [0, 0.05) is 12.7 Å². The molecular weight excluding hydrogens is 262 g/mol. The lowest BCUT2D eigenvalue weighted by molar-refractivity contribution is 0.547. The molecule has 5 heteroatoms. The largest absolute Gasteiger partial charge is 0.311 e. The predicted octanol–water partition coefficient (Wildman–Crippen LogP) is 2.56. The lowest BCUT2D eigenvalue weighted by Gasteiger charge is -2.08. The van der Waals surface area contributed by atoms with E-state index in [1.54, 1.807) is 18.7 Å². The maximum atomic E-state index is 4.66. The molecule has 0 spiro atoms. The molecule has 2 heterocycles. The Kier molecular flexibility index (Phi) is 3.92. The molecule has 0 aliphatic carbocycles. The Bertz CT molecular complexity index is 732. The van der Waals surface area contributed by atoms with Crippen molar-refractivity contribution in [1.82, 2.24) is 24.8 Å². The second-order valence-electron chi connectivity index (χ2n) is 5.50. The molecule has 0 aliphatic heterocycles. The van der Waals surface area contributed by atoms with Gasteiger partial charge in [-0.2, -0.15) is 0 Å². The summed E-state index contributed by atoms with van der Waals surface area (Å²) in [6.45, 7) is 6.07. The van der Waals surface area contributed by atoms with Crippen molar-refractivity contribution in [3.63, 3.8) is 0 Å². The Morgan fingerprint density at radius 2 is 2.05 bits per heavy atom. The zero-order chi connectivity index (χ0) is 14.7. The van der Waals surface area contributed by atoms with Crippen molar-refractivity contribution in [3.8, 4) is 5.82 Å². The van der Waals surface area contributed by atoms with Gasteiger partial charge in [0.25, 0.3) is 0 Å². The Labute approximate surface area is 124 Å². The molecule has 3 rings (SSSR count). The van der Waals surface area contributed by atoms with Crippen molar-refractivity contribution in [3.05, 3.63) is 48.7 Å². The van der Waals surface area contributed by atoms with E-state index in [-0.39, 0.29) is 0 Å². The first-order valence-electron chi connectivity index (χ1n) is 7.18. The van der Waals surface area contributed by atoms with Crippen LogP contribution in [0.1, 0.15) is 19.5 Å². The number of para-hydroxylation sites is 2. The fourth-order valence-corrected chi connectivity index (χ4v) is 2.23. The van der Waals surface area contributed by atoms with E-state index >= 15 is 0 Å². The third-order valence-electron chi connectivity index (χ3n) is 3.23. The van der Waals surface area contributed by atoms with Crippen molar-refractivity contribution >= 4 is 11.0 Å². The minimum absolute atomic E-state index is 0.624. The fraction of sp³-hybridized carbons (Fsp3) is 0.312. The van der Waals surface area contributed by atoms with Crippen molar-refractivity contribution in [1.29, 1.82) is 0 Å². The highest BCUT2D eigenvalue weighted by Gasteiger charge is 2.06. The smallest absolute Gasteiger partial charge is 0.157 e. The van der Waals surface area contributed by atoms with Gasteiger partial charge in [-0.1, -0.05) is 26.0 Å². The van der Waals surface area contributed by atoms with Gasteiger partial charge in [0.05, 0.1) is 22.9 Å². The van der Waals surface area contributed by atoms with Crippen LogP contribution in [0.5, 0.6) is 0 Å². The summed E-state index contributed by atoms with van der Waals surface area (Å²) in [5.74, 6) is 1.42. The van der Waals surface area contributed by atoms with Crippen LogP contribution in [-0.2, 0) is 6.54 Å². The zero-order valence-electron chi connectivity index (χ0n) is 12.3. The van der Waals surface area contributed by atoms with Gasteiger partial charge >= 0.3 is 0 Å². The van der Waals surface area contributed by atoms with E-state index < -0.39 is 0 Å². The van der Waals surface area contributed by atoms with Crippen LogP contribution in [0.4, 0.5) is 0 Å². The van der Waals surface area contributed by atoms with E-state index in [2.05, 4.69) is 34.1 Å².